The van der Waals surface area contributed by atoms with Crippen molar-refractivity contribution in [2.75, 3.05) is 11.9 Å². The number of nitrogens with zero attached hydrogens (tertiary/aromatic N) is 3. The van der Waals surface area contributed by atoms with Crippen molar-refractivity contribution >= 4 is 55.4 Å². The zero-order chi connectivity index (χ0) is 24.1. The first-order chi connectivity index (χ1) is 17.0. The molecule has 0 bridgehead atoms. The van der Waals surface area contributed by atoms with Gasteiger partial charge in [-0.05, 0) is 70.7 Å². The number of rotatable bonds is 3. The maximum Gasteiger partial charge on any atom is 0.255 e. The molecule has 35 heavy (non-hydrogen) atoms. The van der Waals surface area contributed by atoms with Crippen LogP contribution in [0.1, 0.15) is 37.5 Å². The van der Waals surface area contributed by atoms with Crippen LogP contribution in [-0.4, -0.2) is 43.4 Å². The summed E-state index contributed by atoms with van der Waals surface area (Å²) in [5.74, 6) is -0.262. The van der Waals surface area contributed by atoms with E-state index in [2.05, 4.69) is 41.4 Å². The van der Waals surface area contributed by atoms with Crippen LogP contribution in [0.25, 0.3) is 21.9 Å². The van der Waals surface area contributed by atoms with Gasteiger partial charge in [0, 0.05) is 41.3 Å². The van der Waals surface area contributed by atoms with E-state index in [1.807, 2.05) is 60.5 Å². The highest BCUT2D eigenvalue weighted by Crippen LogP contribution is 2.29. The second-order valence-electron chi connectivity index (χ2n) is 8.73. The summed E-state index contributed by atoms with van der Waals surface area (Å²) in [6, 6.07) is 13.3. The molecule has 0 fully saturated rings. The Morgan fingerprint density at radius 1 is 1.11 bits per heavy atom. The van der Waals surface area contributed by atoms with Crippen molar-refractivity contribution in [3.05, 3.63) is 87.3 Å². The van der Waals surface area contributed by atoms with Crippen LogP contribution < -0.4 is 5.32 Å². The van der Waals surface area contributed by atoms with E-state index in [0.29, 0.717) is 35.6 Å². The predicted molar refractivity (Wildman–Crippen MR) is 137 cm³/mol. The van der Waals surface area contributed by atoms with E-state index in [1.165, 1.54) is 0 Å². The summed E-state index contributed by atoms with van der Waals surface area (Å²) >= 11 is 3.60. The van der Waals surface area contributed by atoms with Crippen molar-refractivity contribution in [1.82, 2.24) is 25.1 Å². The first kappa shape index (κ1) is 21.5. The van der Waals surface area contributed by atoms with Crippen LogP contribution in [0.15, 0.2) is 59.3 Å². The Bertz CT molecular complexity index is 1640. The first-order valence-electron chi connectivity index (χ1n) is 11.3. The smallest absolute Gasteiger partial charge is 0.255 e. The van der Waals surface area contributed by atoms with Gasteiger partial charge in [-0.2, -0.15) is 5.10 Å². The molecule has 3 aromatic heterocycles. The first-order valence-corrected chi connectivity index (χ1v) is 12.1. The minimum Gasteiger partial charge on any atom is -0.360 e. The molecular weight excluding hydrogens is 508 g/mol. The van der Waals surface area contributed by atoms with Crippen LogP contribution in [0.3, 0.4) is 0 Å². The van der Waals surface area contributed by atoms with Crippen molar-refractivity contribution in [3.63, 3.8) is 0 Å². The number of amides is 2. The van der Waals surface area contributed by atoms with Gasteiger partial charge >= 0.3 is 0 Å². The molecule has 5 aromatic rings. The predicted octanol–water partition coefficient (Wildman–Crippen LogP) is 4.96. The van der Waals surface area contributed by atoms with Gasteiger partial charge in [-0.1, -0.05) is 12.1 Å². The largest absolute Gasteiger partial charge is 0.360 e. The monoisotopic (exact) mass is 528 g/mol. The van der Waals surface area contributed by atoms with Crippen molar-refractivity contribution in [1.29, 1.82) is 0 Å². The number of aromatic nitrogens is 4. The molecule has 9 heteroatoms. The van der Waals surface area contributed by atoms with Gasteiger partial charge < -0.3 is 15.2 Å². The second-order valence-corrected chi connectivity index (χ2v) is 9.52. The van der Waals surface area contributed by atoms with Gasteiger partial charge in [0.05, 0.1) is 27.4 Å². The van der Waals surface area contributed by atoms with Crippen LogP contribution in [0.5, 0.6) is 0 Å². The standard InChI is InChI=1S/C26H21BrN6O2/c1-14-21-11-19(12-29-24(21)32-31-14)30-25(34)17-3-2-15-7-9-33(13-18(15)10-17)26(35)20-5-4-16-6-8-28-23(16)22(20)27/h2-6,8,10-12,28H,7,9,13H2,1H3,(H,30,34)(H,29,31,32). The van der Waals surface area contributed by atoms with Crippen molar-refractivity contribution < 1.29 is 9.59 Å². The van der Waals surface area contributed by atoms with E-state index in [-0.39, 0.29) is 11.8 Å². The van der Waals surface area contributed by atoms with Gasteiger partial charge in [0.25, 0.3) is 11.8 Å². The number of aromatic amines is 2. The number of carbonyl (C=O) groups is 2. The molecule has 0 saturated heterocycles. The Morgan fingerprint density at radius 3 is 2.89 bits per heavy atom. The molecule has 0 atom stereocenters. The van der Waals surface area contributed by atoms with E-state index < -0.39 is 0 Å². The van der Waals surface area contributed by atoms with E-state index >= 15 is 0 Å². The molecule has 1 aliphatic rings. The van der Waals surface area contributed by atoms with Gasteiger partial charge in [-0.3, -0.25) is 14.7 Å². The number of carbonyl (C=O) groups excluding carboxylic acids is 2. The molecule has 0 unspecified atom stereocenters. The maximum absolute atomic E-state index is 13.4. The highest BCUT2D eigenvalue weighted by Gasteiger charge is 2.25. The Kier molecular flexibility index (Phi) is 5.14. The summed E-state index contributed by atoms with van der Waals surface area (Å²) in [7, 11) is 0. The molecule has 4 heterocycles. The Hall–Kier alpha value is -3.98. The normalized spacial score (nSPS) is 13.3. The number of nitrogens with one attached hydrogen (secondary N) is 3. The molecule has 3 N–H and O–H groups in total. The van der Waals surface area contributed by atoms with Crippen molar-refractivity contribution in [2.45, 2.75) is 19.9 Å². The molecule has 2 aromatic carbocycles. The number of hydrogen-bond acceptors (Lipinski definition) is 4. The van der Waals surface area contributed by atoms with E-state index in [0.717, 1.165) is 44.0 Å². The van der Waals surface area contributed by atoms with Gasteiger partial charge in [-0.25, -0.2) is 4.98 Å². The topological polar surface area (TPSA) is 107 Å². The molecule has 0 radical (unpaired) electrons. The Balaban J connectivity index is 1.23. The van der Waals surface area contributed by atoms with E-state index in [9.17, 15) is 9.59 Å². The number of benzene rings is 2. The Morgan fingerprint density at radius 2 is 2.00 bits per heavy atom. The van der Waals surface area contributed by atoms with Crippen LogP contribution in [-0.2, 0) is 13.0 Å². The van der Waals surface area contributed by atoms with E-state index in [4.69, 9.17) is 0 Å². The molecule has 0 saturated carbocycles. The number of aryl methyl sites for hydroxylation is 1. The summed E-state index contributed by atoms with van der Waals surface area (Å²) in [6.45, 7) is 2.99. The van der Waals surface area contributed by atoms with Crippen molar-refractivity contribution in [3.8, 4) is 0 Å². The zero-order valence-corrected chi connectivity index (χ0v) is 20.4. The highest BCUT2D eigenvalue weighted by molar-refractivity contribution is 9.10. The number of pyridine rings is 1. The fourth-order valence-electron chi connectivity index (χ4n) is 4.59. The van der Waals surface area contributed by atoms with Crippen LogP contribution >= 0.6 is 15.9 Å². The molecule has 0 spiro atoms. The molecule has 8 nitrogen and oxygen atoms in total. The average molecular weight is 529 g/mol. The minimum absolute atomic E-state index is 0.0382. The third-order valence-electron chi connectivity index (χ3n) is 6.52. The molecule has 1 aliphatic heterocycles. The highest BCUT2D eigenvalue weighted by atomic mass is 79.9. The quantitative estimate of drug-likeness (QED) is 0.307. The van der Waals surface area contributed by atoms with Gasteiger partial charge in [-0.15, -0.1) is 0 Å². The minimum atomic E-state index is -0.224. The Labute approximate surface area is 208 Å². The molecular formula is C26H21BrN6O2. The zero-order valence-electron chi connectivity index (χ0n) is 18.9. The molecule has 6 rings (SSSR count). The number of anilines is 1. The second kappa shape index (κ2) is 8.35. The van der Waals surface area contributed by atoms with Gasteiger partial charge in [0.1, 0.15) is 0 Å². The average Bonchev–Trinajstić information content (AvgIpc) is 3.50. The molecule has 0 aliphatic carbocycles. The lowest BCUT2D eigenvalue weighted by atomic mass is 9.96. The van der Waals surface area contributed by atoms with Gasteiger partial charge in [0.2, 0.25) is 0 Å². The lowest BCUT2D eigenvalue weighted by molar-refractivity contribution is 0.0734. The summed E-state index contributed by atoms with van der Waals surface area (Å²) in [5, 5.41) is 11.9. The van der Waals surface area contributed by atoms with E-state index in [1.54, 1.807) is 6.20 Å². The van der Waals surface area contributed by atoms with Gasteiger partial charge in [0.15, 0.2) is 5.65 Å². The fraction of sp³-hybridized carbons (Fsp3) is 0.154. The third kappa shape index (κ3) is 3.77. The number of halogens is 1. The maximum atomic E-state index is 13.4. The molecule has 174 valence electrons. The van der Waals surface area contributed by atoms with Crippen LogP contribution in [0.2, 0.25) is 0 Å². The fourth-order valence-corrected chi connectivity index (χ4v) is 5.23. The number of fused-ring (bicyclic) bond motifs is 3. The van der Waals surface area contributed by atoms with Crippen LogP contribution in [0, 0.1) is 6.92 Å². The summed E-state index contributed by atoms with van der Waals surface area (Å²) in [6.07, 6.45) is 4.20. The van der Waals surface area contributed by atoms with Crippen molar-refractivity contribution in [2.24, 2.45) is 0 Å². The third-order valence-corrected chi connectivity index (χ3v) is 7.34. The lowest BCUT2D eigenvalue weighted by Crippen LogP contribution is -2.36. The number of H-pyrrole nitrogens is 2. The number of hydrogen-bond donors (Lipinski definition) is 3. The summed E-state index contributed by atoms with van der Waals surface area (Å²) in [4.78, 5) is 35.6. The summed E-state index contributed by atoms with van der Waals surface area (Å²) in [5.41, 5.74) is 6.31. The summed E-state index contributed by atoms with van der Waals surface area (Å²) < 4.78 is 0.766. The lowest BCUT2D eigenvalue weighted by Gasteiger charge is -2.29. The van der Waals surface area contributed by atoms with Crippen LogP contribution in [0.4, 0.5) is 5.69 Å². The SMILES string of the molecule is Cc1[nH]nc2ncc(NC(=O)c3ccc4c(c3)CN(C(=O)c3ccc5cc[nH]c5c3Br)CC4)cc12. The molecule has 2 amide bonds.